The lowest BCUT2D eigenvalue weighted by atomic mass is 10.0. The minimum absolute atomic E-state index is 0.0744. The maximum Gasteiger partial charge on any atom is 0.318 e. The molecule has 2 heterocycles. The molecule has 6 heteroatoms. The first-order valence-electron chi connectivity index (χ1n) is 9.19. The summed E-state index contributed by atoms with van der Waals surface area (Å²) >= 11 is 0. The van der Waals surface area contributed by atoms with E-state index in [1.807, 2.05) is 6.07 Å². The summed E-state index contributed by atoms with van der Waals surface area (Å²) in [6.07, 6.45) is 0.985. The van der Waals surface area contributed by atoms with Gasteiger partial charge in [-0.25, -0.2) is 4.79 Å². The molecule has 25 heavy (non-hydrogen) atoms. The quantitative estimate of drug-likeness (QED) is 0.744. The van der Waals surface area contributed by atoms with Crippen molar-refractivity contribution in [3.63, 3.8) is 0 Å². The fourth-order valence-electron chi connectivity index (χ4n) is 3.97. The number of rotatable bonds is 5. The zero-order chi connectivity index (χ0) is 17.8. The van der Waals surface area contributed by atoms with Gasteiger partial charge in [0.2, 0.25) is 0 Å². The van der Waals surface area contributed by atoms with Crippen molar-refractivity contribution >= 4 is 6.03 Å². The number of hydrogen-bond acceptors (Lipinski definition) is 4. The van der Waals surface area contributed by atoms with Crippen LogP contribution >= 0.6 is 0 Å². The normalized spacial score (nSPS) is 28.3. The molecule has 3 N–H and O–H groups in total. The zero-order valence-electron chi connectivity index (χ0n) is 14.8. The van der Waals surface area contributed by atoms with E-state index in [2.05, 4.69) is 41.4 Å². The van der Waals surface area contributed by atoms with Gasteiger partial charge in [-0.1, -0.05) is 30.3 Å². The largest absolute Gasteiger partial charge is 0.394 e. The Balaban J connectivity index is 1.49. The molecule has 0 spiro atoms. The molecular weight excluding hydrogens is 318 g/mol. The SMILES string of the molecule is C[C@@H](NC(=O)N1C[C@@H](O)C[C@H]1CO)[C@H]1CCN(Cc2ccccc2)C1. The van der Waals surface area contributed by atoms with Crippen molar-refractivity contribution in [2.45, 2.75) is 44.5 Å². The van der Waals surface area contributed by atoms with E-state index >= 15 is 0 Å². The molecule has 138 valence electrons. The Morgan fingerprint density at radius 2 is 2.08 bits per heavy atom. The van der Waals surface area contributed by atoms with Crippen molar-refractivity contribution in [2.75, 3.05) is 26.2 Å². The van der Waals surface area contributed by atoms with Crippen LogP contribution in [0, 0.1) is 5.92 Å². The van der Waals surface area contributed by atoms with Gasteiger partial charge in [-0.3, -0.25) is 4.90 Å². The average Bonchev–Trinajstić information content (AvgIpc) is 3.22. The van der Waals surface area contributed by atoms with E-state index in [1.54, 1.807) is 4.90 Å². The molecule has 2 fully saturated rings. The summed E-state index contributed by atoms with van der Waals surface area (Å²) in [6.45, 7) is 5.21. The minimum Gasteiger partial charge on any atom is -0.394 e. The van der Waals surface area contributed by atoms with Crippen LogP contribution in [-0.2, 0) is 6.54 Å². The Labute approximate surface area is 149 Å². The molecule has 6 nitrogen and oxygen atoms in total. The maximum atomic E-state index is 12.5. The second-order valence-corrected chi connectivity index (χ2v) is 7.39. The van der Waals surface area contributed by atoms with Gasteiger partial charge in [0, 0.05) is 25.7 Å². The summed E-state index contributed by atoms with van der Waals surface area (Å²) in [5.41, 5.74) is 1.32. The fourth-order valence-corrected chi connectivity index (χ4v) is 3.97. The Hall–Kier alpha value is -1.63. The Kier molecular flexibility index (Phi) is 5.93. The molecular formula is C19H29N3O3. The van der Waals surface area contributed by atoms with Gasteiger partial charge in [0.1, 0.15) is 0 Å². The van der Waals surface area contributed by atoms with E-state index in [4.69, 9.17) is 0 Å². The lowest BCUT2D eigenvalue weighted by Gasteiger charge is -2.28. The molecule has 0 saturated carbocycles. The van der Waals surface area contributed by atoms with E-state index in [0.29, 0.717) is 18.9 Å². The number of nitrogens with one attached hydrogen (secondary N) is 1. The van der Waals surface area contributed by atoms with Crippen LogP contribution < -0.4 is 5.32 Å². The first kappa shape index (κ1) is 18.2. The Morgan fingerprint density at radius 1 is 1.32 bits per heavy atom. The number of hydrogen-bond donors (Lipinski definition) is 3. The molecule has 0 unspecified atom stereocenters. The highest BCUT2D eigenvalue weighted by Crippen LogP contribution is 2.23. The van der Waals surface area contributed by atoms with E-state index in [0.717, 1.165) is 26.1 Å². The van der Waals surface area contributed by atoms with Crippen molar-refractivity contribution in [2.24, 2.45) is 5.92 Å². The Morgan fingerprint density at radius 3 is 2.80 bits per heavy atom. The molecule has 1 aromatic carbocycles. The number of carbonyl (C=O) groups excluding carboxylic acids is 1. The predicted molar refractivity (Wildman–Crippen MR) is 96.0 cm³/mol. The highest BCUT2D eigenvalue weighted by Gasteiger charge is 2.35. The number of nitrogens with zero attached hydrogens (tertiary/aromatic N) is 2. The van der Waals surface area contributed by atoms with Crippen LogP contribution in [0.15, 0.2) is 30.3 Å². The van der Waals surface area contributed by atoms with Gasteiger partial charge < -0.3 is 20.4 Å². The van der Waals surface area contributed by atoms with Crippen LogP contribution in [-0.4, -0.2) is 70.5 Å². The number of aliphatic hydroxyl groups excluding tert-OH is 2. The molecule has 0 aliphatic carbocycles. The predicted octanol–water partition coefficient (Wildman–Crippen LogP) is 1.03. The molecule has 1 aromatic rings. The molecule has 2 saturated heterocycles. The van der Waals surface area contributed by atoms with E-state index in [-0.39, 0.29) is 24.7 Å². The fraction of sp³-hybridized carbons (Fsp3) is 0.632. The van der Waals surface area contributed by atoms with Crippen LogP contribution in [0.3, 0.4) is 0 Å². The smallest absolute Gasteiger partial charge is 0.318 e. The van der Waals surface area contributed by atoms with Crippen molar-refractivity contribution in [1.82, 2.24) is 15.1 Å². The second-order valence-electron chi connectivity index (χ2n) is 7.39. The van der Waals surface area contributed by atoms with Gasteiger partial charge in [0.05, 0.1) is 18.8 Å². The molecule has 2 aliphatic heterocycles. The lowest BCUT2D eigenvalue weighted by molar-refractivity contribution is 0.150. The number of benzene rings is 1. The van der Waals surface area contributed by atoms with Crippen molar-refractivity contribution in [3.05, 3.63) is 35.9 Å². The van der Waals surface area contributed by atoms with Gasteiger partial charge in [-0.2, -0.15) is 0 Å². The number of aliphatic hydroxyl groups is 2. The van der Waals surface area contributed by atoms with Crippen LogP contribution in [0.4, 0.5) is 4.79 Å². The van der Waals surface area contributed by atoms with E-state index < -0.39 is 6.10 Å². The molecule has 0 radical (unpaired) electrons. The van der Waals surface area contributed by atoms with Crippen molar-refractivity contribution < 1.29 is 15.0 Å². The molecule has 2 amide bonds. The van der Waals surface area contributed by atoms with Crippen LogP contribution in [0.2, 0.25) is 0 Å². The van der Waals surface area contributed by atoms with Gasteiger partial charge in [0.15, 0.2) is 0 Å². The topological polar surface area (TPSA) is 76.0 Å². The Bertz CT molecular complexity index is 568. The first-order chi connectivity index (χ1) is 12.1. The van der Waals surface area contributed by atoms with Gasteiger partial charge >= 0.3 is 6.03 Å². The van der Waals surface area contributed by atoms with Crippen LogP contribution in [0.25, 0.3) is 0 Å². The third kappa shape index (κ3) is 4.51. The second kappa shape index (κ2) is 8.17. The van der Waals surface area contributed by atoms with Crippen LogP contribution in [0.5, 0.6) is 0 Å². The highest BCUT2D eigenvalue weighted by atomic mass is 16.3. The van der Waals surface area contributed by atoms with Crippen molar-refractivity contribution in [1.29, 1.82) is 0 Å². The maximum absolute atomic E-state index is 12.5. The summed E-state index contributed by atoms with van der Waals surface area (Å²) in [5, 5.41) is 22.2. The van der Waals surface area contributed by atoms with E-state index in [9.17, 15) is 15.0 Å². The summed E-state index contributed by atoms with van der Waals surface area (Å²) in [4.78, 5) is 16.5. The number of urea groups is 1. The highest BCUT2D eigenvalue weighted by molar-refractivity contribution is 5.75. The summed E-state index contributed by atoms with van der Waals surface area (Å²) in [6, 6.07) is 10.1. The standard InChI is InChI=1S/C19H29N3O3/c1-14(20-19(25)22-12-18(24)9-17(22)13-23)16-7-8-21(11-16)10-15-5-3-2-4-6-15/h2-6,14,16-18,23-24H,7-13H2,1H3,(H,20,25)/t14-,16+,17+,18+/m1/s1. The van der Waals surface area contributed by atoms with E-state index in [1.165, 1.54) is 5.56 Å². The van der Waals surface area contributed by atoms with Crippen molar-refractivity contribution in [3.8, 4) is 0 Å². The van der Waals surface area contributed by atoms with Crippen LogP contribution in [0.1, 0.15) is 25.3 Å². The number of amides is 2. The van der Waals surface area contributed by atoms with Gasteiger partial charge in [0.25, 0.3) is 0 Å². The lowest BCUT2D eigenvalue weighted by Crippen LogP contribution is -2.49. The molecule has 3 rings (SSSR count). The summed E-state index contributed by atoms with van der Waals surface area (Å²) in [7, 11) is 0. The number of β-amino-alcohol motifs (C(OH)–C–C–N with tert-alkyl or cyclic N) is 1. The molecule has 4 atom stereocenters. The number of likely N-dealkylation sites (tertiary alicyclic amines) is 2. The molecule has 2 aliphatic rings. The zero-order valence-corrected chi connectivity index (χ0v) is 14.8. The first-order valence-corrected chi connectivity index (χ1v) is 9.19. The third-order valence-corrected chi connectivity index (χ3v) is 5.48. The summed E-state index contributed by atoms with van der Waals surface area (Å²) in [5.74, 6) is 0.424. The third-order valence-electron chi connectivity index (χ3n) is 5.48. The monoisotopic (exact) mass is 347 g/mol. The van der Waals surface area contributed by atoms with Gasteiger partial charge in [-0.05, 0) is 37.8 Å². The minimum atomic E-state index is -0.536. The molecule has 0 aromatic heterocycles. The average molecular weight is 347 g/mol. The van der Waals surface area contributed by atoms with Gasteiger partial charge in [-0.15, -0.1) is 0 Å². The molecule has 0 bridgehead atoms. The number of carbonyl (C=O) groups is 1. The summed E-state index contributed by atoms with van der Waals surface area (Å²) < 4.78 is 0.